The molecule has 2 heterocycles. The molecule has 4 rings (SSSR count). The van der Waals surface area contributed by atoms with Gasteiger partial charge in [-0.25, -0.2) is 4.79 Å². The summed E-state index contributed by atoms with van der Waals surface area (Å²) >= 11 is 0. The molecule has 1 amide bonds. The van der Waals surface area contributed by atoms with E-state index >= 15 is 0 Å². The topological polar surface area (TPSA) is 78.3 Å². The molecule has 2 N–H and O–H groups in total. The standard InChI is InChI=1S/C21H23N3O3/c25-20(13-15-8-9-19-17(12-15)23-21(26)27-19)22-18(14-24-10-4-5-11-24)16-6-2-1-3-7-16/h1-3,6-9,12,18H,4-5,10-11,13-14H2,(H,22,25)(H,23,26)/t18-/m1/s1. The van der Waals surface area contributed by atoms with Gasteiger partial charge in [-0.15, -0.1) is 0 Å². The van der Waals surface area contributed by atoms with E-state index in [0.717, 1.165) is 30.8 Å². The number of aromatic amines is 1. The average Bonchev–Trinajstić information content (AvgIpc) is 3.30. The minimum absolute atomic E-state index is 0.0331. The van der Waals surface area contributed by atoms with Crippen LogP contribution in [-0.2, 0) is 11.2 Å². The van der Waals surface area contributed by atoms with Crippen molar-refractivity contribution in [3.8, 4) is 0 Å². The van der Waals surface area contributed by atoms with Crippen molar-refractivity contribution in [2.45, 2.75) is 25.3 Å². The van der Waals surface area contributed by atoms with E-state index in [9.17, 15) is 9.59 Å². The van der Waals surface area contributed by atoms with Gasteiger partial charge in [0.25, 0.3) is 0 Å². The van der Waals surface area contributed by atoms with Gasteiger partial charge >= 0.3 is 5.76 Å². The third-order valence-electron chi connectivity index (χ3n) is 5.02. The van der Waals surface area contributed by atoms with Gasteiger partial charge in [0.05, 0.1) is 18.0 Å². The van der Waals surface area contributed by atoms with E-state index in [1.165, 1.54) is 12.8 Å². The highest BCUT2D eigenvalue weighted by molar-refractivity contribution is 5.81. The summed E-state index contributed by atoms with van der Waals surface area (Å²) in [6.07, 6.45) is 2.70. The molecular weight excluding hydrogens is 342 g/mol. The van der Waals surface area contributed by atoms with Crippen molar-refractivity contribution < 1.29 is 9.21 Å². The van der Waals surface area contributed by atoms with Crippen LogP contribution in [0.4, 0.5) is 0 Å². The number of rotatable bonds is 6. The zero-order valence-corrected chi connectivity index (χ0v) is 15.1. The number of nitrogens with one attached hydrogen (secondary N) is 2. The van der Waals surface area contributed by atoms with Gasteiger partial charge in [-0.1, -0.05) is 36.4 Å². The largest absolute Gasteiger partial charge is 0.417 e. The van der Waals surface area contributed by atoms with Crippen LogP contribution in [0.3, 0.4) is 0 Å². The summed E-state index contributed by atoms with van der Waals surface area (Å²) in [6.45, 7) is 3.00. The number of likely N-dealkylation sites (tertiary alicyclic amines) is 1. The SMILES string of the molecule is O=C(Cc1ccc2oc(=O)[nH]c2c1)N[C@H](CN1CCCC1)c1ccccc1. The lowest BCUT2D eigenvalue weighted by molar-refractivity contribution is -0.121. The van der Waals surface area contributed by atoms with E-state index in [-0.39, 0.29) is 18.4 Å². The first-order valence-electron chi connectivity index (χ1n) is 9.36. The smallest absolute Gasteiger partial charge is 0.408 e. The Bertz CT molecular complexity index is 971. The first-order chi connectivity index (χ1) is 13.2. The summed E-state index contributed by atoms with van der Waals surface area (Å²) in [5.74, 6) is -0.519. The molecule has 3 aromatic rings. The number of oxazole rings is 1. The molecule has 1 aliphatic rings. The number of carbonyl (C=O) groups excluding carboxylic acids is 1. The number of fused-ring (bicyclic) bond motifs is 1. The second-order valence-electron chi connectivity index (χ2n) is 7.06. The maximum absolute atomic E-state index is 12.7. The summed E-state index contributed by atoms with van der Waals surface area (Å²) < 4.78 is 5.01. The Balaban J connectivity index is 1.47. The molecule has 6 nitrogen and oxygen atoms in total. The Morgan fingerprint density at radius 1 is 1.15 bits per heavy atom. The van der Waals surface area contributed by atoms with E-state index < -0.39 is 5.76 Å². The van der Waals surface area contributed by atoms with Crippen molar-refractivity contribution in [1.29, 1.82) is 0 Å². The molecule has 0 spiro atoms. The van der Waals surface area contributed by atoms with Gasteiger partial charge in [0, 0.05) is 6.54 Å². The number of nitrogens with zero attached hydrogens (tertiary/aromatic N) is 1. The van der Waals surface area contributed by atoms with Gasteiger partial charge in [-0.05, 0) is 49.2 Å². The lowest BCUT2D eigenvalue weighted by Gasteiger charge is -2.25. The molecule has 0 bridgehead atoms. The van der Waals surface area contributed by atoms with Gasteiger partial charge < -0.3 is 14.6 Å². The van der Waals surface area contributed by atoms with Crippen LogP contribution in [0.1, 0.15) is 30.0 Å². The summed E-state index contributed by atoms with van der Waals surface area (Å²) in [4.78, 5) is 29.0. The number of hydrogen-bond acceptors (Lipinski definition) is 4. The highest BCUT2D eigenvalue weighted by Crippen LogP contribution is 2.18. The van der Waals surface area contributed by atoms with Gasteiger partial charge in [-0.3, -0.25) is 9.78 Å². The van der Waals surface area contributed by atoms with Crippen LogP contribution in [0.2, 0.25) is 0 Å². The molecule has 27 heavy (non-hydrogen) atoms. The minimum atomic E-state index is -0.485. The lowest BCUT2D eigenvalue weighted by atomic mass is 10.1. The second-order valence-corrected chi connectivity index (χ2v) is 7.06. The Kier molecular flexibility index (Phi) is 5.07. The maximum atomic E-state index is 12.7. The van der Waals surface area contributed by atoms with Crippen molar-refractivity contribution in [2.24, 2.45) is 0 Å². The number of hydrogen-bond donors (Lipinski definition) is 2. The van der Waals surface area contributed by atoms with Crippen LogP contribution >= 0.6 is 0 Å². The molecule has 6 heteroatoms. The van der Waals surface area contributed by atoms with Gasteiger partial charge in [0.15, 0.2) is 5.58 Å². The normalized spacial score (nSPS) is 15.9. The van der Waals surface area contributed by atoms with Gasteiger partial charge in [-0.2, -0.15) is 0 Å². The van der Waals surface area contributed by atoms with Crippen LogP contribution in [0.25, 0.3) is 11.1 Å². The molecule has 1 aromatic heterocycles. The Morgan fingerprint density at radius 2 is 1.93 bits per heavy atom. The number of carbonyl (C=O) groups is 1. The van der Waals surface area contributed by atoms with Crippen LogP contribution < -0.4 is 11.1 Å². The Labute approximate surface area is 157 Å². The number of aromatic nitrogens is 1. The van der Waals surface area contributed by atoms with Crippen molar-refractivity contribution in [3.05, 3.63) is 70.2 Å². The Morgan fingerprint density at radius 3 is 2.70 bits per heavy atom. The molecule has 2 aromatic carbocycles. The fourth-order valence-electron chi connectivity index (χ4n) is 3.68. The second kappa shape index (κ2) is 7.80. The zero-order chi connectivity index (χ0) is 18.6. The first-order valence-corrected chi connectivity index (χ1v) is 9.36. The van der Waals surface area contributed by atoms with E-state index in [1.807, 2.05) is 24.3 Å². The number of H-pyrrole nitrogens is 1. The van der Waals surface area contributed by atoms with Crippen molar-refractivity contribution in [1.82, 2.24) is 15.2 Å². The van der Waals surface area contributed by atoms with Crippen molar-refractivity contribution in [2.75, 3.05) is 19.6 Å². The maximum Gasteiger partial charge on any atom is 0.417 e. The van der Waals surface area contributed by atoms with E-state index in [4.69, 9.17) is 4.42 Å². The molecular formula is C21H23N3O3. The molecule has 0 saturated carbocycles. The summed E-state index contributed by atoms with van der Waals surface area (Å²) in [5, 5.41) is 3.19. The van der Waals surface area contributed by atoms with E-state index in [1.54, 1.807) is 12.1 Å². The molecule has 0 aliphatic carbocycles. The zero-order valence-electron chi connectivity index (χ0n) is 15.1. The van der Waals surface area contributed by atoms with Crippen LogP contribution in [0.5, 0.6) is 0 Å². The molecule has 1 aliphatic heterocycles. The molecule has 1 saturated heterocycles. The van der Waals surface area contributed by atoms with Crippen LogP contribution in [-0.4, -0.2) is 35.4 Å². The summed E-state index contributed by atoms with van der Waals surface area (Å²) in [5.41, 5.74) is 3.07. The predicted molar refractivity (Wildman–Crippen MR) is 104 cm³/mol. The molecule has 0 radical (unpaired) electrons. The minimum Gasteiger partial charge on any atom is -0.408 e. The third-order valence-corrected chi connectivity index (χ3v) is 5.02. The molecule has 1 fully saturated rings. The average molecular weight is 365 g/mol. The molecule has 140 valence electrons. The fourth-order valence-corrected chi connectivity index (χ4v) is 3.68. The number of benzene rings is 2. The third kappa shape index (κ3) is 4.28. The van der Waals surface area contributed by atoms with Crippen LogP contribution in [0, 0.1) is 0 Å². The summed E-state index contributed by atoms with van der Waals surface area (Å²) in [7, 11) is 0. The van der Waals surface area contributed by atoms with E-state index in [2.05, 4.69) is 27.3 Å². The molecule has 0 unspecified atom stereocenters. The number of amides is 1. The fraction of sp³-hybridized carbons (Fsp3) is 0.333. The quantitative estimate of drug-likeness (QED) is 0.704. The lowest BCUT2D eigenvalue weighted by Crippen LogP contribution is -2.37. The van der Waals surface area contributed by atoms with Gasteiger partial charge in [0.2, 0.25) is 5.91 Å². The molecule has 1 atom stereocenters. The highest BCUT2D eigenvalue weighted by Gasteiger charge is 2.20. The predicted octanol–water partition coefficient (Wildman–Crippen LogP) is 2.62. The van der Waals surface area contributed by atoms with Crippen LogP contribution in [0.15, 0.2) is 57.7 Å². The first kappa shape index (κ1) is 17.5. The van der Waals surface area contributed by atoms with Crippen molar-refractivity contribution >= 4 is 17.0 Å². The van der Waals surface area contributed by atoms with E-state index in [0.29, 0.717) is 11.1 Å². The highest BCUT2D eigenvalue weighted by atomic mass is 16.4. The Hall–Kier alpha value is -2.86. The van der Waals surface area contributed by atoms with Gasteiger partial charge in [0.1, 0.15) is 0 Å². The monoisotopic (exact) mass is 365 g/mol. The van der Waals surface area contributed by atoms with Crippen molar-refractivity contribution in [3.63, 3.8) is 0 Å². The summed E-state index contributed by atoms with van der Waals surface area (Å²) in [6, 6.07) is 15.4.